The number of piperazine rings is 1. The van der Waals surface area contributed by atoms with Crippen LogP contribution in [0.1, 0.15) is 11.6 Å². The van der Waals surface area contributed by atoms with Crippen LogP contribution in [0.5, 0.6) is 0 Å². The first-order chi connectivity index (χ1) is 10.1. The first-order valence-electron chi connectivity index (χ1n) is 6.83. The van der Waals surface area contributed by atoms with Gasteiger partial charge in [0.15, 0.2) is 0 Å². The van der Waals surface area contributed by atoms with Crippen LogP contribution in [0.25, 0.3) is 0 Å². The molecule has 1 aliphatic heterocycles. The van der Waals surface area contributed by atoms with Gasteiger partial charge in [-0.05, 0) is 12.6 Å². The van der Waals surface area contributed by atoms with E-state index in [9.17, 15) is 8.42 Å². The van der Waals surface area contributed by atoms with Gasteiger partial charge in [-0.25, -0.2) is 8.42 Å². The Morgan fingerprint density at radius 1 is 1.24 bits per heavy atom. The average Bonchev–Trinajstić information content (AvgIpc) is 3.03. The summed E-state index contributed by atoms with van der Waals surface area (Å²) in [6, 6.07) is 10.1. The van der Waals surface area contributed by atoms with Crippen molar-refractivity contribution in [1.82, 2.24) is 19.4 Å². The summed E-state index contributed by atoms with van der Waals surface area (Å²) in [4.78, 5) is 2.41. The largest absolute Gasteiger partial charge is 0.297 e. The molecule has 1 aromatic heterocycles. The van der Waals surface area contributed by atoms with Gasteiger partial charge in [-0.1, -0.05) is 30.3 Å². The fourth-order valence-corrected chi connectivity index (χ4v) is 3.98. The lowest BCUT2D eigenvalue weighted by Gasteiger charge is -2.38. The van der Waals surface area contributed by atoms with Crippen LogP contribution in [-0.4, -0.2) is 54.5 Å². The van der Waals surface area contributed by atoms with Crippen molar-refractivity contribution in [1.29, 1.82) is 0 Å². The molecule has 0 bridgehead atoms. The lowest BCUT2D eigenvalue weighted by molar-refractivity contribution is 0.148. The van der Waals surface area contributed by atoms with E-state index in [0.717, 1.165) is 5.56 Å². The Kier molecular flexibility index (Phi) is 3.79. The molecule has 1 aromatic carbocycles. The number of sulfonamides is 1. The highest BCUT2D eigenvalue weighted by atomic mass is 32.2. The van der Waals surface area contributed by atoms with Crippen molar-refractivity contribution in [3.8, 4) is 0 Å². The van der Waals surface area contributed by atoms with E-state index in [4.69, 9.17) is 0 Å². The van der Waals surface area contributed by atoms with Crippen LogP contribution >= 0.6 is 0 Å². The Balaban J connectivity index is 1.87. The smallest absolute Gasteiger partial charge is 0.246 e. The third-order valence-corrected chi connectivity index (χ3v) is 5.74. The molecule has 6 nitrogen and oxygen atoms in total. The summed E-state index contributed by atoms with van der Waals surface area (Å²) in [5.41, 5.74) is 1.13. The van der Waals surface area contributed by atoms with Crippen LogP contribution < -0.4 is 0 Å². The average molecular weight is 306 g/mol. The monoisotopic (exact) mass is 306 g/mol. The maximum Gasteiger partial charge on any atom is 0.246 e. The lowest BCUT2D eigenvalue weighted by Crippen LogP contribution is -2.48. The molecule has 1 unspecified atom stereocenters. The summed E-state index contributed by atoms with van der Waals surface area (Å²) in [5.74, 6) is 0. The van der Waals surface area contributed by atoms with Crippen molar-refractivity contribution in [2.24, 2.45) is 0 Å². The van der Waals surface area contributed by atoms with E-state index in [0.29, 0.717) is 19.6 Å². The highest BCUT2D eigenvalue weighted by Crippen LogP contribution is 2.27. The Hall–Kier alpha value is -1.70. The minimum atomic E-state index is -3.47. The fourth-order valence-electron chi connectivity index (χ4n) is 2.63. The summed E-state index contributed by atoms with van der Waals surface area (Å²) in [5, 5.41) is 6.29. The molecule has 3 rings (SSSR count). The SMILES string of the molecule is CN1CCN(S(=O)(=O)c2cn[nH]c2)CC1c1ccccc1. The van der Waals surface area contributed by atoms with Crippen molar-refractivity contribution in [2.75, 3.05) is 26.7 Å². The van der Waals surface area contributed by atoms with E-state index in [1.165, 1.54) is 16.7 Å². The zero-order valence-corrected chi connectivity index (χ0v) is 12.6. The molecule has 0 amide bonds. The van der Waals surface area contributed by atoms with E-state index >= 15 is 0 Å². The van der Waals surface area contributed by atoms with Crippen molar-refractivity contribution >= 4 is 10.0 Å². The maximum absolute atomic E-state index is 12.6. The van der Waals surface area contributed by atoms with Crippen LogP contribution in [0.2, 0.25) is 0 Å². The van der Waals surface area contributed by atoms with E-state index in [1.54, 1.807) is 0 Å². The third kappa shape index (κ3) is 2.72. The van der Waals surface area contributed by atoms with Gasteiger partial charge in [0.05, 0.1) is 6.20 Å². The lowest BCUT2D eigenvalue weighted by atomic mass is 10.0. The number of likely N-dealkylation sites (N-methyl/N-ethyl adjacent to an activating group) is 1. The van der Waals surface area contributed by atoms with Crippen LogP contribution in [0.15, 0.2) is 47.6 Å². The number of benzene rings is 1. The van der Waals surface area contributed by atoms with Gasteiger partial charge in [-0.2, -0.15) is 9.40 Å². The quantitative estimate of drug-likeness (QED) is 0.921. The number of aromatic amines is 1. The van der Waals surface area contributed by atoms with E-state index < -0.39 is 10.0 Å². The van der Waals surface area contributed by atoms with Crippen molar-refractivity contribution in [3.05, 3.63) is 48.3 Å². The standard InChI is InChI=1S/C14H18N4O2S/c1-17-7-8-18(21(19,20)13-9-15-16-10-13)11-14(17)12-5-3-2-4-6-12/h2-6,9-10,14H,7-8,11H2,1H3,(H,15,16). The molecule has 1 N–H and O–H groups in total. The van der Waals surface area contributed by atoms with Gasteiger partial charge in [0.1, 0.15) is 4.90 Å². The van der Waals surface area contributed by atoms with Crippen molar-refractivity contribution in [3.63, 3.8) is 0 Å². The van der Waals surface area contributed by atoms with Gasteiger partial charge in [0.2, 0.25) is 10.0 Å². The topological polar surface area (TPSA) is 69.3 Å². The Labute approximate surface area is 124 Å². The molecule has 1 atom stereocenters. The molecular weight excluding hydrogens is 288 g/mol. The second kappa shape index (κ2) is 5.59. The number of H-pyrrole nitrogens is 1. The maximum atomic E-state index is 12.6. The molecule has 0 spiro atoms. The predicted octanol–water partition coefficient (Wildman–Crippen LogP) is 1.09. The van der Waals surface area contributed by atoms with E-state index in [-0.39, 0.29) is 10.9 Å². The molecule has 1 aliphatic rings. The zero-order chi connectivity index (χ0) is 14.9. The molecule has 0 radical (unpaired) electrons. The first-order valence-corrected chi connectivity index (χ1v) is 8.27. The number of hydrogen-bond donors (Lipinski definition) is 1. The molecule has 112 valence electrons. The summed E-state index contributed by atoms with van der Waals surface area (Å²) in [6.45, 7) is 1.65. The van der Waals surface area contributed by atoms with Crippen LogP contribution in [0.3, 0.4) is 0 Å². The molecule has 21 heavy (non-hydrogen) atoms. The number of rotatable bonds is 3. The molecule has 2 aromatic rings. The number of nitrogens with zero attached hydrogens (tertiary/aromatic N) is 3. The minimum absolute atomic E-state index is 0.0710. The summed E-state index contributed by atoms with van der Waals surface area (Å²) >= 11 is 0. The van der Waals surface area contributed by atoms with Gasteiger partial charge in [0, 0.05) is 31.9 Å². The summed E-state index contributed by atoms with van der Waals surface area (Å²) in [7, 11) is -1.44. The molecule has 2 heterocycles. The molecule has 0 saturated carbocycles. The number of nitrogens with one attached hydrogen (secondary N) is 1. The van der Waals surface area contributed by atoms with E-state index in [2.05, 4.69) is 15.1 Å². The van der Waals surface area contributed by atoms with Gasteiger partial charge < -0.3 is 0 Å². The summed E-state index contributed by atoms with van der Waals surface area (Å²) < 4.78 is 26.7. The number of hydrogen-bond acceptors (Lipinski definition) is 4. The van der Waals surface area contributed by atoms with Gasteiger partial charge in [-0.15, -0.1) is 0 Å². The van der Waals surface area contributed by atoms with Crippen LogP contribution in [0.4, 0.5) is 0 Å². The number of aromatic nitrogens is 2. The Bertz CT molecular complexity index is 685. The molecule has 1 saturated heterocycles. The third-order valence-electron chi connectivity index (χ3n) is 3.91. The second-order valence-corrected chi connectivity index (χ2v) is 7.14. The first kappa shape index (κ1) is 14.2. The Morgan fingerprint density at radius 3 is 2.67 bits per heavy atom. The highest BCUT2D eigenvalue weighted by Gasteiger charge is 2.33. The van der Waals surface area contributed by atoms with Crippen molar-refractivity contribution in [2.45, 2.75) is 10.9 Å². The predicted molar refractivity (Wildman–Crippen MR) is 79.2 cm³/mol. The normalized spacial score (nSPS) is 21.5. The summed E-state index contributed by atoms with van der Waals surface area (Å²) in [6.07, 6.45) is 2.77. The Morgan fingerprint density at radius 2 is 2.00 bits per heavy atom. The zero-order valence-electron chi connectivity index (χ0n) is 11.8. The molecular formula is C14H18N4O2S. The van der Waals surface area contributed by atoms with Gasteiger partial charge in [0.25, 0.3) is 0 Å². The van der Waals surface area contributed by atoms with Gasteiger partial charge in [-0.3, -0.25) is 10.00 Å². The second-order valence-electron chi connectivity index (χ2n) is 5.20. The van der Waals surface area contributed by atoms with Crippen molar-refractivity contribution < 1.29 is 8.42 Å². The van der Waals surface area contributed by atoms with E-state index in [1.807, 2.05) is 37.4 Å². The molecule has 0 aliphatic carbocycles. The molecule has 7 heteroatoms. The molecule has 1 fully saturated rings. The van der Waals surface area contributed by atoms with Crippen LogP contribution in [-0.2, 0) is 10.0 Å². The fraction of sp³-hybridized carbons (Fsp3) is 0.357. The minimum Gasteiger partial charge on any atom is -0.297 e. The van der Waals surface area contributed by atoms with Crippen LogP contribution in [0, 0.1) is 0 Å². The highest BCUT2D eigenvalue weighted by molar-refractivity contribution is 7.89. The van der Waals surface area contributed by atoms with Gasteiger partial charge >= 0.3 is 0 Å².